The number of hydrogen-bond acceptors (Lipinski definition) is 8. The van der Waals surface area contributed by atoms with Gasteiger partial charge in [-0.05, 0) is 50.7 Å². The molecule has 0 aliphatic rings. The molecule has 0 aliphatic carbocycles. The first-order valence-corrected chi connectivity index (χ1v) is 10.8. The molecule has 1 rings (SSSR count). The molecule has 1 amide bonds. The van der Waals surface area contributed by atoms with Crippen LogP contribution in [0.25, 0.3) is 0 Å². The zero-order valence-corrected chi connectivity index (χ0v) is 18.8. The summed E-state index contributed by atoms with van der Waals surface area (Å²) in [5, 5.41) is 2.58. The lowest BCUT2D eigenvalue weighted by molar-refractivity contribution is -0.143. The fourth-order valence-corrected chi connectivity index (χ4v) is 2.47. The van der Waals surface area contributed by atoms with Crippen molar-refractivity contribution in [2.75, 3.05) is 39.6 Å². The lowest BCUT2D eigenvalue weighted by Gasteiger charge is -2.08. The van der Waals surface area contributed by atoms with Gasteiger partial charge in [0.25, 0.3) is 0 Å². The third-order valence-electron chi connectivity index (χ3n) is 4.20. The van der Waals surface area contributed by atoms with Crippen molar-refractivity contribution in [1.29, 1.82) is 0 Å². The van der Waals surface area contributed by atoms with E-state index in [-0.39, 0.29) is 19.2 Å². The molecular weight excluding hydrogens is 416 g/mol. The predicted octanol–water partition coefficient (Wildman–Crippen LogP) is 2.98. The Morgan fingerprint density at radius 3 is 2.41 bits per heavy atom. The zero-order chi connectivity index (χ0) is 23.4. The Kier molecular flexibility index (Phi) is 15.0. The summed E-state index contributed by atoms with van der Waals surface area (Å²) in [7, 11) is 0. The van der Waals surface area contributed by atoms with Crippen molar-refractivity contribution < 1.29 is 33.3 Å². The Morgan fingerprint density at radius 2 is 1.72 bits per heavy atom. The first-order valence-electron chi connectivity index (χ1n) is 10.8. The summed E-state index contributed by atoms with van der Waals surface area (Å²) in [4.78, 5) is 38.4. The third kappa shape index (κ3) is 15.0. The minimum atomic E-state index is -0.496. The van der Waals surface area contributed by atoms with Gasteiger partial charge in [0.15, 0.2) is 0 Å². The molecule has 0 bridgehead atoms. The number of nitrogens with one attached hydrogen (secondary N) is 1. The molecule has 1 aromatic heterocycles. The molecule has 0 radical (unpaired) electrons. The van der Waals surface area contributed by atoms with E-state index < -0.39 is 12.1 Å². The number of ether oxygens (including phenoxy) is 4. The molecule has 0 unspecified atom stereocenters. The molecule has 178 valence electrons. The molecule has 9 heteroatoms. The SMILES string of the molecule is C=C(C)C(=O)OCCOCCNC(=O)OCCCCCCOC(=O)CCc1cccnc1. The lowest BCUT2D eigenvalue weighted by atomic mass is 10.1. The number of unbranched alkanes of at least 4 members (excludes halogenated alkanes) is 3. The van der Waals surface area contributed by atoms with Gasteiger partial charge >= 0.3 is 18.0 Å². The van der Waals surface area contributed by atoms with Gasteiger partial charge < -0.3 is 24.3 Å². The molecule has 0 atom stereocenters. The number of hydrogen-bond donors (Lipinski definition) is 1. The Bertz CT molecular complexity index is 695. The number of carbonyl (C=O) groups excluding carboxylic acids is 3. The monoisotopic (exact) mass is 450 g/mol. The van der Waals surface area contributed by atoms with Gasteiger partial charge in [0.1, 0.15) is 6.61 Å². The minimum Gasteiger partial charge on any atom is -0.466 e. The van der Waals surface area contributed by atoms with E-state index in [9.17, 15) is 14.4 Å². The molecule has 0 spiro atoms. The van der Waals surface area contributed by atoms with Gasteiger partial charge in [-0.1, -0.05) is 12.6 Å². The van der Waals surface area contributed by atoms with Crippen LogP contribution in [0.15, 0.2) is 36.7 Å². The standard InChI is InChI=1S/C23H34N2O7/c1-19(2)22(27)31-17-16-29-15-12-25-23(28)32-14-6-4-3-5-13-30-21(26)10-9-20-8-7-11-24-18-20/h7-8,11,18H,1,3-6,9-10,12-17H2,2H3,(H,25,28). The highest BCUT2D eigenvalue weighted by Gasteiger charge is 2.05. The average molecular weight is 451 g/mol. The second-order valence-electron chi connectivity index (χ2n) is 7.09. The predicted molar refractivity (Wildman–Crippen MR) is 118 cm³/mol. The molecule has 0 aliphatic heterocycles. The molecule has 0 saturated heterocycles. The zero-order valence-electron chi connectivity index (χ0n) is 18.8. The van der Waals surface area contributed by atoms with Crippen LogP contribution in [0.5, 0.6) is 0 Å². The van der Waals surface area contributed by atoms with E-state index in [0.29, 0.717) is 44.8 Å². The normalized spacial score (nSPS) is 10.3. The third-order valence-corrected chi connectivity index (χ3v) is 4.20. The van der Waals surface area contributed by atoms with Crippen LogP contribution in [0.4, 0.5) is 4.79 Å². The number of rotatable bonds is 17. The van der Waals surface area contributed by atoms with Crippen LogP contribution in [-0.4, -0.2) is 62.6 Å². The van der Waals surface area contributed by atoms with Gasteiger partial charge in [-0.3, -0.25) is 9.78 Å². The van der Waals surface area contributed by atoms with Crippen LogP contribution in [-0.2, 0) is 35.0 Å². The number of carbonyl (C=O) groups is 3. The summed E-state index contributed by atoms with van der Waals surface area (Å²) >= 11 is 0. The van der Waals surface area contributed by atoms with Gasteiger partial charge in [-0.25, -0.2) is 9.59 Å². The van der Waals surface area contributed by atoms with Crippen molar-refractivity contribution in [3.8, 4) is 0 Å². The molecule has 0 saturated carbocycles. The molecular formula is C23H34N2O7. The van der Waals surface area contributed by atoms with Crippen LogP contribution in [0.2, 0.25) is 0 Å². The Balaban J connectivity index is 1.84. The molecule has 1 aromatic rings. The Hall–Kier alpha value is -2.94. The number of aromatic nitrogens is 1. The molecule has 1 N–H and O–H groups in total. The number of esters is 2. The van der Waals surface area contributed by atoms with E-state index in [0.717, 1.165) is 31.2 Å². The molecule has 0 aromatic carbocycles. The van der Waals surface area contributed by atoms with Crippen molar-refractivity contribution in [3.63, 3.8) is 0 Å². The second kappa shape index (κ2) is 17.7. The number of pyridine rings is 1. The summed E-state index contributed by atoms with van der Waals surface area (Å²) < 4.78 is 20.4. The topological polar surface area (TPSA) is 113 Å². The van der Waals surface area contributed by atoms with Crippen molar-refractivity contribution in [3.05, 3.63) is 42.2 Å². The highest BCUT2D eigenvalue weighted by Crippen LogP contribution is 2.04. The van der Waals surface area contributed by atoms with Gasteiger partial charge in [0.2, 0.25) is 0 Å². The van der Waals surface area contributed by atoms with Crippen molar-refractivity contribution in [2.45, 2.75) is 45.4 Å². The fraction of sp³-hybridized carbons (Fsp3) is 0.565. The maximum Gasteiger partial charge on any atom is 0.407 e. The van der Waals surface area contributed by atoms with Crippen molar-refractivity contribution in [1.82, 2.24) is 10.3 Å². The van der Waals surface area contributed by atoms with E-state index in [1.54, 1.807) is 19.3 Å². The van der Waals surface area contributed by atoms with E-state index in [2.05, 4.69) is 16.9 Å². The van der Waals surface area contributed by atoms with Gasteiger partial charge in [0.05, 0.1) is 26.4 Å². The quantitative estimate of drug-likeness (QED) is 0.167. The molecule has 32 heavy (non-hydrogen) atoms. The van der Waals surface area contributed by atoms with Crippen LogP contribution in [0.1, 0.15) is 44.6 Å². The Labute approximate surface area is 189 Å². The van der Waals surface area contributed by atoms with Crippen molar-refractivity contribution in [2.24, 2.45) is 0 Å². The lowest BCUT2D eigenvalue weighted by Crippen LogP contribution is -2.28. The minimum absolute atomic E-state index is 0.140. The molecule has 9 nitrogen and oxygen atoms in total. The maximum absolute atomic E-state index is 11.7. The average Bonchev–Trinajstić information content (AvgIpc) is 2.79. The van der Waals surface area contributed by atoms with E-state index in [4.69, 9.17) is 18.9 Å². The summed E-state index contributed by atoms with van der Waals surface area (Å²) in [5.74, 6) is -0.654. The number of amides is 1. The molecule has 1 heterocycles. The smallest absolute Gasteiger partial charge is 0.407 e. The highest BCUT2D eigenvalue weighted by molar-refractivity contribution is 5.86. The van der Waals surface area contributed by atoms with E-state index in [1.807, 2.05) is 12.1 Å². The summed E-state index contributed by atoms with van der Waals surface area (Å²) in [5.41, 5.74) is 1.35. The first kappa shape index (κ1) is 27.1. The van der Waals surface area contributed by atoms with Gasteiger partial charge in [0, 0.05) is 30.9 Å². The van der Waals surface area contributed by atoms with Gasteiger partial charge in [-0.2, -0.15) is 0 Å². The van der Waals surface area contributed by atoms with E-state index >= 15 is 0 Å². The van der Waals surface area contributed by atoms with Crippen LogP contribution in [0, 0.1) is 0 Å². The summed E-state index contributed by atoms with van der Waals surface area (Å²) in [6.45, 7) is 6.76. The van der Waals surface area contributed by atoms with Gasteiger partial charge in [-0.15, -0.1) is 0 Å². The number of nitrogens with zero attached hydrogens (tertiary/aromatic N) is 1. The molecule has 0 fully saturated rings. The number of alkyl carbamates (subject to hydrolysis) is 1. The van der Waals surface area contributed by atoms with Crippen LogP contribution in [0.3, 0.4) is 0 Å². The Morgan fingerprint density at radius 1 is 0.969 bits per heavy atom. The van der Waals surface area contributed by atoms with Crippen LogP contribution < -0.4 is 5.32 Å². The van der Waals surface area contributed by atoms with E-state index in [1.165, 1.54) is 0 Å². The summed E-state index contributed by atoms with van der Waals surface area (Å²) in [6.07, 6.45) is 7.23. The van der Waals surface area contributed by atoms with Crippen LogP contribution >= 0.6 is 0 Å². The van der Waals surface area contributed by atoms with Crippen molar-refractivity contribution >= 4 is 18.0 Å². The maximum atomic E-state index is 11.7. The first-order chi connectivity index (χ1) is 15.5. The number of aryl methyl sites for hydroxylation is 1. The highest BCUT2D eigenvalue weighted by atomic mass is 16.6. The second-order valence-corrected chi connectivity index (χ2v) is 7.09. The fourth-order valence-electron chi connectivity index (χ4n) is 2.47. The largest absolute Gasteiger partial charge is 0.466 e. The summed E-state index contributed by atoms with van der Waals surface area (Å²) in [6, 6.07) is 3.78.